The maximum Gasteiger partial charge on any atom is 0.264 e. The van der Waals surface area contributed by atoms with Crippen LogP contribution < -0.4 is 14.4 Å². The molecule has 1 N–H and O–H groups in total. The molecule has 0 saturated carbocycles. The summed E-state index contributed by atoms with van der Waals surface area (Å²) in [4.78, 5) is 29.5. The Kier molecular flexibility index (Phi) is 11.3. The Morgan fingerprint density at radius 1 is 0.844 bits per heavy atom. The van der Waals surface area contributed by atoms with Gasteiger partial charge in [-0.1, -0.05) is 78.9 Å². The Morgan fingerprint density at radius 2 is 1.44 bits per heavy atom. The summed E-state index contributed by atoms with van der Waals surface area (Å²) < 4.78 is 50.1. The van der Waals surface area contributed by atoms with Gasteiger partial charge in [-0.25, -0.2) is 12.8 Å². The topological polar surface area (TPSA) is 96.0 Å². The Labute approximate surface area is 264 Å². The number of carbonyl (C=O) groups excluding carboxylic acids is 2. The van der Waals surface area contributed by atoms with Crippen LogP contribution in [0.25, 0.3) is 0 Å². The summed E-state index contributed by atoms with van der Waals surface area (Å²) in [7, 11) is -4.30. The van der Waals surface area contributed by atoms with Gasteiger partial charge in [0.2, 0.25) is 11.8 Å². The largest absolute Gasteiger partial charge is 0.492 e. The molecule has 0 radical (unpaired) electrons. The van der Waals surface area contributed by atoms with E-state index >= 15 is 4.39 Å². The van der Waals surface area contributed by atoms with Crippen LogP contribution in [0.3, 0.4) is 0 Å². The van der Waals surface area contributed by atoms with Crippen LogP contribution in [0, 0.1) is 5.82 Å². The quantitative estimate of drug-likeness (QED) is 0.196. The average molecular weight is 632 g/mol. The number of carbonyl (C=O) groups is 2. The molecule has 4 aromatic rings. The van der Waals surface area contributed by atoms with Crippen molar-refractivity contribution < 1.29 is 27.1 Å². The Balaban J connectivity index is 1.84. The number of halogens is 1. The first kappa shape index (κ1) is 33.2. The minimum absolute atomic E-state index is 0.0249. The Hall–Kier alpha value is -4.70. The number of amides is 2. The second-order valence-electron chi connectivity index (χ2n) is 10.7. The van der Waals surface area contributed by atoms with Gasteiger partial charge in [-0.2, -0.15) is 0 Å². The van der Waals surface area contributed by atoms with Gasteiger partial charge in [-0.3, -0.25) is 13.9 Å². The maximum absolute atomic E-state index is 15.0. The van der Waals surface area contributed by atoms with Crippen molar-refractivity contribution in [1.82, 2.24) is 10.2 Å². The molecule has 0 aliphatic rings. The SMILES string of the molecule is CCOc1ccccc1N(CC(=O)N(Cc1ccccc1F)C(Cc1ccccc1)C(=O)NC(C)C)S(=O)(=O)c1ccccc1. The highest BCUT2D eigenvalue weighted by atomic mass is 32.2. The zero-order valence-electron chi connectivity index (χ0n) is 25.6. The van der Waals surface area contributed by atoms with Crippen molar-refractivity contribution in [2.75, 3.05) is 17.5 Å². The van der Waals surface area contributed by atoms with Gasteiger partial charge in [0.1, 0.15) is 24.2 Å². The molecular weight excluding hydrogens is 593 g/mol. The highest BCUT2D eigenvalue weighted by molar-refractivity contribution is 7.92. The molecule has 0 spiro atoms. The fourth-order valence-electron chi connectivity index (χ4n) is 4.92. The van der Waals surface area contributed by atoms with Gasteiger partial charge >= 0.3 is 0 Å². The van der Waals surface area contributed by atoms with Gasteiger partial charge < -0.3 is 15.0 Å². The molecule has 0 aromatic heterocycles. The number of anilines is 1. The molecule has 236 valence electrons. The third kappa shape index (κ3) is 8.48. The normalized spacial score (nSPS) is 11.9. The smallest absolute Gasteiger partial charge is 0.264 e. The second kappa shape index (κ2) is 15.3. The minimum Gasteiger partial charge on any atom is -0.492 e. The molecular formula is C35H38FN3O5S. The number of hydrogen-bond donors (Lipinski definition) is 1. The van der Waals surface area contributed by atoms with Crippen LogP contribution in [0.4, 0.5) is 10.1 Å². The number of hydrogen-bond acceptors (Lipinski definition) is 5. The first-order chi connectivity index (χ1) is 21.6. The molecule has 0 saturated heterocycles. The predicted octanol–water partition coefficient (Wildman–Crippen LogP) is 5.58. The molecule has 0 bridgehead atoms. The van der Waals surface area contributed by atoms with Crippen molar-refractivity contribution in [2.45, 2.75) is 50.7 Å². The van der Waals surface area contributed by atoms with E-state index in [0.717, 1.165) is 9.87 Å². The number of rotatable bonds is 14. The fraction of sp³-hybridized carbons (Fsp3) is 0.257. The maximum atomic E-state index is 15.0. The first-order valence-corrected chi connectivity index (χ1v) is 16.2. The van der Waals surface area contributed by atoms with Crippen LogP contribution in [0.5, 0.6) is 5.75 Å². The van der Waals surface area contributed by atoms with Crippen LogP contribution >= 0.6 is 0 Å². The zero-order chi connectivity index (χ0) is 32.4. The van der Waals surface area contributed by atoms with Crippen molar-refractivity contribution in [3.63, 3.8) is 0 Å². The molecule has 4 aromatic carbocycles. The monoisotopic (exact) mass is 631 g/mol. The molecule has 8 nitrogen and oxygen atoms in total. The van der Waals surface area contributed by atoms with E-state index in [9.17, 15) is 18.0 Å². The lowest BCUT2D eigenvalue weighted by Gasteiger charge is -2.34. The summed E-state index contributed by atoms with van der Waals surface area (Å²) in [6.45, 7) is 4.71. The van der Waals surface area contributed by atoms with Crippen LogP contribution in [-0.2, 0) is 32.6 Å². The lowest BCUT2D eigenvalue weighted by molar-refractivity contribution is -0.140. The molecule has 1 unspecified atom stereocenters. The van der Waals surface area contributed by atoms with Crippen LogP contribution in [0.1, 0.15) is 31.9 Å². The third-order valence-electron chi connectivity index (χ3n) is 7.04. The van der Waals surface area contributed by atoms with E-state index < -0.39 is 40.2 Å². The van der Waals surface area contributed by atoms with Crippen molar-refractivity contribution >= 4 is 27.5 Å². The van der Waals surface area contributed by atoms with E-state index in [1.165, 1.54) is 29.2 Å². The summed E-state index contributed by atoms with van der Waals surface area (Å²) in [5, 5.41) is 2.89. The highest BCUT2D eigenvalue weighted by Crippen LogP contribution is 2.33. The molecule has 1 atom stereocenters. The summed E-state index contributed by atoms with van der Waals surface area (Å²) in [5.74, 6) is -1.41. The van der Waals surface area contributed by atoms with E-state index in [-0.39, 0.29) is 47.5 Å². The van der Waals surface area contributed by atoms with E-state index in [4.69, 9.17) is 4.74 Å². The van der Waals surface area contributed by atoms with E-state index in [0.29, 0.717) is 0 Å². The molecule has 45 heavy (non-hydrogen) atoms. The molecule has 0 aliphatic heterocycles. The van der Waals surface area contributed by atoms with Crippen LogP contribution in [-0.4, -0.2) is 50.4 Å². The number of nitrogens with one attached hydrogen (secondary N) is 1. The van der Waals surface area contributed by atoms with Crippen LogP contribution in [0.2, 0.25) is 0 Å². The highest BCUT2D eigenvalue weighted by Gasteiger charge is 2.36. The summed E-state index contributed by atoms with van der Waals surface area (Å²) >= 11 is 0. The van der Waals surface area contributed by atoms with E-state index in [1.807, 2.05) is 30.3 Å². The Bertz CT molecular complexity index is 1680. The molecule has 0 heterocycles. The lowest BCUT2D eigenvalue weighted by Crippen LogP contribution is -2.54. The van der Waals surface area contributed by atoms with Gasteiger partial charge in [0, 0.05) is 24.6 Å². The fourth-order valence-corrected chi connectivity index (χ4v) is 6.36. The molecule has 10 heteroatoms. The van der Waals surface area contributed by atoms with E-state index in [1.54, 1.807) is 75.4 Å². The molecule has 0 aliphatic carbocycles. The van der Waals surface area contributed by atoms with Gasteiger partial charge in [0.15, 0.2) is 0 Å². The van der Waals surface area contributed by atoms with Crippen molar-refractivity contribution in [3.05, 3.63) is 126 Å². The van der Waals surface area contributed by atoms with Crippen molar-refractivity contribution in [2.24, 2.45) is 0 Å². The van der Waals surface area contributed by atoms with Crippen molar-refractivity contribution in [1.29, 1.82) is 0 Å². The third-order valence-corrected chi connectivity index (χ3v) is 8.82. The summed E-state index contributed by atoms with van der Waals surface area (Å²) in [5.41, 5.74) is 1.13. The number of sulfonamides is 1. The molecule has 4 rings (SSSR count). The summed E-state index contributed by atoms with van der Waals surface area (Å²) in [6, 6.07) is 28.2. The van der Waals surface area contributed by atoms with Crippen LogP contribution in [0.15, 0.2) is 114 Å². The zero-order valence-corrected chi connectivity index (χ0v) is 26.4. The minimum atomic E-state index is -4.30. The molecule has 2 amide bonds. The van der Waals surface area contributed by atoms with Gasteiger partial charge in [-0.05, 0) is 56.7 Å². The second-order valence-corrected chi connectivity index (χ2v) is 12.6. The number of ether oxygens (including phenoxy) is 1. The number of benzene rings is 4. The number of para-hydroxylation sites is 2. The van der Waals surface area contributed by atoms with Gasteiger partial charge in [0.05, 0.1) is 17.2 Å². The first-order valence-electron chi connectivity index (χ1n) is 14.8. The average Bonchev–Trinajstić information content (AvgIpc) is 3.03. The predicted molar refractivity (Wildman–Crippen MR) is 173 cm³/mol. The summed E-state index contributed by atoms with van der Waals surface area (Å²) in [6.07, 6.45) is 0.126. The molecule has 0 fully saturated rings. The van der Waals surface area contributed by atoms with Crippen molar-refractivity contribution in [3.8, 4) is 5.75 Å². The lowest BCUT2D eigenvalue weighted by atomic mass is 10.0. The van der Waals surface area contributed by atoms with E-state index in [2.05, 4.69) is 5.32 Å². The van der Waals surface area contributed by atoms with Gasteiger partial charge in [0.25, 0.3) is 10.0 Å². The number of nitrogens with zero attached hydrogens (tertiary/aromatic N) is 2. The standard InChI is InChI=1S/C35H38FN3O5S/c1-4-44-33-22-14-13-21-31(33)39(45(42,43)29-18-9-6-10-19-29)25-34(40)38(24-28-17-11-12-20-30(28)36)32(35(41)37-26(2)3)23-27-15-7-5-8-16-27/h5-22,26,32H,4,23-25H2,1-3H3,(H,37,41). The van der Waals surface area contributed by atoms with Gasteiger partial charge in [-0.15, -0.1) is 0 Å². The Morgan fingerprint density at radius 3 is 2.09 bits per heavy atom.